The topological polar surface area (TPSA) is 52.4 Å². The molecular weight excluding hydrogens is 170 g/mol. The first-order chi connectivity index (χ1) is 6.24. The number of rotatable bonds is 4. The van der Waals surface area contributed by atoms with E-state index in [-0.39, 0.29) is 5.69 Å². The molecule has 4 nitrogen and oxygen atoms in total. The largest absolute Gasteiger partial charge is 0.365 e. The summed E-state index contributed by atoms with van der Waals surface area (Å²) in [5, 5.41) is 10.3. The van der Waals surface area contributed by atoms with Crippen molar-refractivity contribution >= 4 is 5.69 Å². The predicted molar refractivity (Wildman–Crippen MR) is 46.0 cm³/mol. The van der Waals surface area contributed by atoms with Gasteiger partial charge in [-0.15, -0.1) is 0 Å². The number of benzene rings is 1. The van der Waals surface area contributed by atoms with Crippen LogP contribution in [0.1, 0.15) is 5.56 Å². The van der Waals surface area contributed by atoms with Crippen molar-refractivity contribution in [1.29, 1.82) is 0 Å². The fourth-order valence-corrected chi connectivity index (χ4v) is 0.953. The molecule has 0 aliphatic rings. The number of nitro groups is 1. The number of hydrogen-bond acceptors (Lipinski definition) is 3. The Labute approximate surface area is 76.3 Å². The molecule has 4 heteroatoms. The van der Waals surface area contributed by atoms with Gasteiger partial charge in [0.25, 0.3) is 5.69 Å². The molecule has 0 heterocycles. The van der Waals surface area contributed by atoms with Crippen LogP contribution in [0, 0.1) is 17.2 Å². The van der Waals surface area contributed by atoms with Crippen LogP contribution in [-0.2, 0) is 11.2 Å². The molecule has 1 aromatic carbocycles. The van der Waals surface area contributed by atoms with Crippen LogP contribution in [-0.4, -0.2) is 11.5 Å². The first kappa shape index (κ1) is 9.67. The molecule has 0 unspecified atom stereocenters. The van der Waals surface area contributed by atoms with E-state index in [4.69, 9.17) is 7.11 Å². The zero-order valence-electron chi connectivity index (χ0n) is 6.90. The van der Waals surface area contributed by atoms with Gasteiger partial charge in [0.05, 0.1) is 11.5 Å². The number of non-ortho nitro benzene ring substituents is 1. The van der Waals surface area contributed by atoms with Crippen LogP contribution >= 0.6 is 0 Å². The van der Waals surface area contributed by atoms with E-state index < -0.39 is 4.92 Å². The lowest BCUT2D eigenvalue weighted by atomic mass is 10.1. The molecule has 0 aliphatic carbocycles. The van der Waals surface area contributed by atoms with Gasteiger partial charge in [-0.2, -0.15) is 0 Å². The highest BCUT2D eigenvalue weighted by atomic mass is 16.6. The molecule has 13 heavy (non-hydrogen) atoms. The second-order valence-electron chi connectivity index (χ2n) is 2.52. The van der Waals surface area contributed by atoms with Crippen LogP contribution in [0.5, 0.6) is 0 Å². The molecule has 1 aromatic rings. The summed E-state index contributed by atoms with van der Waals surface area (Å²) in [4.78, 5) is 9.84. The summed E-state index contributed by atoms with van der Waals surface area (Å²) in [5.41, 5.74) is 1.01. The standard InChI is InChI=1S/C9H8NO3/c1-13-7-6-8-2-4-9(5-3-8)10(11)12/h2-5H,6-7H2. The molecule has 0 atom stereocenters. The average molecular weight is 178 g/mol. The monoisotopic (exact) mass is 178 g/mol. The third-order valence-electron chi connectivity index (χ3n) is 1.64. The van der Waals surface area contributed by atoms with E-state index in [0.717, 1.165) is 5.56 Å². The van der Waals surface area contributed by atoms with Crippen molar-refractivity contribution in [2.75, 3.05) is 6.61 Å². The van der Waals surface area contributed by atoms with E-state index in [0.29, 0.717) is 13.0 Å². The van der Waals surface area contributed by atoms with Crippen molar-refractivity contribution < 1.29 is 9.66 Å². The maximum atomic E-state index is 10.3. The minimum Gasteiger partial charge on any atom is -0.365 e. The number of hydrogen-bond donors (Lipinski definition) is 0. The third kappa shape index (κ3) is 2.83. The lowest BCUT2D eigenvalue weighted by molar-refractivity contribution is -0.384. The van der Waals surface area contributed by atoms with Gasteiger partial charge < -0.3 is 4.74 Å². The average Bonchev–Trinajstić information content (AvgIpc) is 2.15. The van der Waals surface area contributed by atoms with Gasteiger partial charge in [-0.1, -0.05) is 12.1 Å². The van der Waals surface area contributed by atoms with Gasteiger partial charge in [-0.3, -0.25) is 10.1 Å². The van der Waals surface area contributed by atoms with Gasteiger partial charge in [0.15, 0.2) is 7.11 Å². The van der Waals surface area contributed by atoms with Gasteiger partial charge in [0.1, 0.15) is 0 Å². The second-order valence-corrected chi connectivity index (χ2v) is 2.52. The predicted octanol–water partition coefficient (Wildman–Crippen LogP) is 1.70. The molecule has 0 fully saturated rings. The van der Waals surface area contributed by atoms with Crippen molar-refractivity contribution in [3.05, 3.63) is 47.1 Å². The summed E-state index contributed by atoms with van der Waals surface area (Å²) in [7, 11) is 6.45. The van der Waals surface area contributed by atoms with Crippen LogP contribution in [0.2, 0.25) is 0 Å². The van der Waals surface area contributed by atoms with Gasteiger partial charge in [0.2, 0.25) is 0 Å². The van der Waals surface area contributed by atoms with E-state index >= 15 is 0 Å². The quantitative estimate of drug-likeness (QED) is 0.520. The Bertz CT molecular complexity index is 281. The van der Waals surface area contributed by atoms with Crippen molar-refractivity contribution in [2.45, 2.75) is 6.42 Å². The van der Waals surface area contributed by atoms with Crippen LogP contribution in [0.15, 0.2) is 24.3 Å². The molecule has 3 radical (unpaired) electrons. The molecule has 1 rings (SSSR count). The Balaban J connectivity index is 2.64. The minimum absolute atomic E-state index is 0.0792. The summed E-state index contributed by atoms with van der Waals surface area (Å²) >= 11 is 0. The Hall–Kier alpha value is -1.42. The zero-order valence-corrected chi connectivity index (χ0v) is 6.90. The highest BCUT2D eigenvalue weighted by Gasteiger charge is 2.02. The molecule has 0 saturated carbocycles. The molecule has 0 amide bonds. The van der Waals surface area contributed by atoms with E-state index in [1.807, 2.05) is 0 Å². The van der Waals surface area contributed by atoms with Crippen molar-refractivity contribution in [3.63, 3.8) is 0 Å². The molecule has 67 valence electrons. The Kier molecular flexibility index (Phi) is 3.40. The molecule has 0 spiro atoms. The first-order valence-electron chi connectivity index (χ1n) is 3.76. The molecule has 0 N–H and O–H groups in total. The second kappa shape index (κ2) is 4.57. The maximum Gasteiger partial charge on any atom is 0.269 e. The first-order valence-corrected chi connectivity index (χ1v) is 3.76. The molecule has 0 aromatic heterocycles. The Morgan fingerprint density at radius 3 is 2.46 bits per heavy atom. The Morgan fingerprint density at radius 1 is 1.38 bits per heavy atom. The van der Waals surface area contributed by atoms with Crippen molar-refractivity contribution in [1.82, 2.24) is 0 Å². The third-order valence-corrected chi connectivity index (χ3v) is 1.64. The van der Waals surface area contributed by atoms with Crippen LogP contribution in [0.3, 0.4) is 0 Å². The van der Waals surface area contributed by atoms with E-state index in [2.05, 4.69) is 4.74 Å². The fraction of sp³-hybridized carbons (Fsp3) is 0.222. The fourth-order valence-electron chi connectivity index (χ4n) is 0.953. The van der Waals surface area contributed by atoms with Crippen molar-refractivity contribution in [3.8, 4) is 0 Å². The Morgan fingerprint density at radius 2 is 2.00 bits per heavy atom. The smallest absolute Gasteiger partial charge is 0.269 e. The summed E-state index contributed by atoms with van der Waals surface area (Å²) in [6, 6.07) is 6.22. The van der Waals surface area contributed by atoms with Gasteiger partial charge >= 0.3 is 0 Å². The molecule has 0 bridgehead atoms. The highest BCUT2D eigenvalue weighted by Crippen LogP contribution is 2.11. The number of ether oxygens (including phenoxy) is 1. The zero-order chi connectivity index (χ0) is 9.68. The summed E-state index contributed by atoms with van der Waals surface area (Å²) in [6.45, 7) is 0.303. The highest BCUT2D eigenvalue weighted by molar-refractivity contribution is 5.32. The SMILES string of the molecule is [C]OCCc1ccc([N+](=O)[O-])cc1. The number of nitrogens with zero attached hydrogens (tertiary/aromatic N) is 1. The van der Waals surface area contributed by atoms with Crippen LogP contribution in [0.4, 0.5) is 5.69 Å². The van der Waals surface area contributed by atoms with Crippen LogP contribution in [0.25, 0.3) is 0 Å². The molecule has 0 saturated heterocycles. The van der Waals surface area contributed by atoms with E-state index in [9.17, 15) is 10.1 Å². The summed E-state index contributed by atoms with van der Waals surface area (Å²) < 4.78 is 4.14. The van der Waals surface area contributed by atoms with E-state index in [1.165, 1.54) is 12.1 Å². The van der Waals surface area contributed by atoms with E-state index in [1.54, 1.807) is 12.1 Å². The molecule has 0 aliphatic heterocycles. The molecular formula is C9H8NO3. The van der Waals surface area contributed by atoms with Gasteiger partial charge in [-0.05, 0) is 12.0 Å². The lowest BCUT2D eigenvalue weighted by Crippen LogP contribution is -1.93. The normalized spacial score (nSPS) is 9.92. The lowest BCUT2D eigenvalue weighted by Gasteiger charge is -1.98. The minimum atomic E-state index is -0.440. The number of nitro benzene ring substituents is 1. The van der Waals surface area contributed by atoms with Crippen LogP contribution < -0.4 is 0 Å². The van der Waals surface area contributed by atoms with Gasteiger partial charge in [-0.25, -0.2) is 0 Å². The van der Waals surface area contributed by atoms with Crippen molar-refractivity contribution in [2.24, 2.45) is 0 Å². The van der Waals surface area contributed by atoms with Gasteiger partial charge in [0, 0.05) is 12.1 Å². The maximum absolute atomic E-state index is 10.3. The summed E-state index contributed by atoms with van der Waals surface area (Å²) in [6.07, 6.45) is 0.599. The summed E-state index contributed by atoms with van der Waals surface area (Å²) in [5.74, 6) is 0.